The van der Waals surface area contributed by atoms with Crippen molar-refractivity contribution in [1.82, 2.24) is 5.43 Å². The van der Waals surface area contributed by atoms with E-state index in [0.29, 0.717) is 22.3 Å². The van der Waals surface area contributed by atoms with Crippen LogP contribution in [0.15, 0.2) is 88.9 Å². The minimum atomic E-state index is -4.70. The Bertz CT molecular complexity index is 1270. The lowest BCUT2D eigenvalue weighted by Crippen LogP contribution is -2.48. The van der Waals surface area contributed by atoms with E-state index in [-0.39, 0.29) is 4.90 Å². The van der Waals surface area contributed by atoms with E-state index in [9.17, 15) is 21.6 Å². The summed E-state index contributed by atoms with van der Waals surface area (Å²) in [6.45, 7) is 1.77. The van der Waals surface area contributed by atoms with Gasteiger partial charge in [-0.15, -0.1) is 0 Å². The molecule has 0 bridgehead atoms. The highest BCUT2D eigenvalue weighted by atomic mass is 32.2. The van der Waals surface area contributed by atoms with Crippen LogP contribution in [0.5, 0.6) is 0 Å². The van der Waals surface area contributed by atoms with Gasteiger partial charge in [-0.2, -0.15) is 18.3 Å². The zero-order valence-electron chi connectivity index (χ0n) is 17.4. The third-order valence-corrected chi connectivity index (χ3v) is 6.95. The average Bonchev–Trinajstić information content (AvgIpc) is 3.16. The summed E-state index contributed by atoms with van der Waals surface area (Å²) in [5, 5.41) is 3.81. The molecule has 0 spiro atoms. The maximum atomic E-state index is 14.4. The van der Waals surface area contributed by atoms with E-state index in [4.69, 9.17) is 0 Å². The Balaban J connectivity index is 2.03. The van der Waals surface area contributed by atoms with Crippen LogP contribution in [0.25, 0.3) is 0 Å². The predicted molar refractivity (Wildman–Crippen MR) is 117 cm³/mol. The van der Waals surface area contributed by atoms with Gasteiger partial charge in [-0.1, -0.05) is 66.7 Å². The zero-order chi connectivity index (χ0) is 23.1. The van der Waals surface area contributed by atoms with Gasteiger partial charge in [-0.3, -0.25) is 0 Å². The molecule has 8 heteroatoms. The van der Waals surface area contributed by atoms with Gasteiger partial charge >= 0.3 is 6.18 Å². The number of alkyl halides is 3. The smallest absolute Gasteiger partial charge is 0.301 e. The van der Waals surface area contributed by atoms with E-state index in [1.165, 1.54) is 12.1 Å². The highest BCUT2D eigenvalue weighted by Gasteiger charge is 2.60. The van der Waals surface area contributed by atoms with Crippen LogP contribution in [-0.2, 0) is 15.3 Å². The van der Waals surface area contributed by atoms with Crippen molar-refractivity contribution in [2.24, 2.45) is 5.10 Å². The molecule has 1 aliphatic rings. The van der Waals surface area contributed by atoms with Crippen LogP contribution in [-0.4, -0.2) is 26.6 Å². The molecule has 3 aromatic rings. The van der Waals surface area contributed by atoms with Crippen LogP contribution < -0.4 is 5.43 Å². The summed E-state index contributed by atoms with van der Waals surface area (Å²) in [4.78, 5) is 0.0948. The minimum Gasteiger partial charge on any atom is -0.301 e. The van der Waals surface area contributed by atoms with Crippen molar-refractivity contribution >= 4 is 15.5 Å². The Kier molecular flexibility index (Phi) is 5.36. The summed E-state index contributed by atoms with van der Waals surface area (Å²) >= 11 is 0. The number of rotatable bonds is 4. The van der Waals surface area contributed by atoms with Crippen molar-refractivity contribution in [2.75, 3.05) is 6.26 Å². The first-order valence-electron chi connectivity index (χ1n) is 9.89. The molecule has 1 aliphatic heterocycles. The highest BCUT2D eigenvalue weighted by molar-refractivity contribution is 7.90. The van der Waals surface area contributed by atoms with Gasteiger partial charge in [0.2, 0.25) is 0 Å². The van der Waals surface area contributed by atoms with Crippen molar-refractivity contribution in [3.05, 3.63) is 101 Å². The first-order valence-corrected chi connectivity index (χ1v) is 11.8. The number of hydrogen-bond acceptors (Lipinski definition) is 4. The summed E-state index contributed by atoms with van der Waals surface area (Å²) in [6, 6.07) is 20.4. The topological polar surface area (TPSA) is 58.5 Å². The van der Waals surface area contributed by atoms with Crippen LogP contribution in [0.4, 0.5) is 13.2 Å². The summed E-state index contributed by atoms with van der Waals surface area (Å²) in [5.41, 5.74) is 2.21. The molecule has 166 valence electrons. The zero-order valence-corrected chi connectivity index (χ0v) is 18.2. The average molecular weight is 459 g/mol. The summed E-state index contributed by atoms with van der Waals surface area (Å²) in [7, 11) is -3.45. The maximum Gasteiger partial charge on any atom is 0.432 e. The highest BCUT2D eigenvalue weighted by Crippen LogP contribution is 2.51. The second-order valence-electron chi connectivity index (χ2n) is 7.85. The van der Waals surface area contributed by atoms with Crippen molar-refractivity contribution in [1.29, 1.82) is 0 Å². The molecule has 0 amide bonds. The van der Waals surface area contributed by atoms with Gasteiger partial charge in [0.05, 0.1) is 16.4 Å². The van der Waals surface area contributed by atoms with Crippen molar-refractivity contribution in [2.45, 2.75) is 29.5 Å². The van der Waals surface area contributed by atoms with E-state index in [2.05, 4.69) is 10.5 Å². The Morgan fingerprint density at radius 1 is 0.906 bits per heavy atom. The number of benzene rings is 3. The van der Waals surface area contributed by atoms with Gasteiger partial charge in [-0.05, 0) is 41.3 Å². The van der Waals surface area contributed by atoms with E-state index in [1.54, 1.807) is 73.7 Å². The molecule has 2 unspecified atom stereocenters. The molecular weight excluding hydrogens is 437 g/mol. The molecule has 1 heterocycles. The van der Waals surface area contributed by atoms with Crippen molar-refractivity contribution in [3.63, 3.8) is 0 Å². The van der Waals surface area contributed by atoms with E-state index in [0.717, 1.165) is 6.26 Å². The fourth-order valence-electron chi connectivity index (χ4n) is 4.43. The molecule has 0 saturated carbocycles. The number of halogens is 3. The normalized spacial score (nSPS) is 21.2. The van der Waals surface area contributed by atoms with Gasteiger partial charge in [0.1, 0.15) is 0 Å². The van der Waals surface area contributed by atoms with E-state index < -0.39 is 33.2 Å². The largest absolute Gasteiger partial charge is 0.432 e. The number of hydrogen-bond donors (Lipinski definition) is 1. The standard InChI is InChI=1S/C24H21F3N2O2S/c1-16-8-6-7-11-20(16)23(18-9-4-3-5-10-18)21(28-29-22(23)24(25,26)27)17-12-14-19(15-13-17)32(2,30)31/h3-15,21,28H,1-2H3. The molecule has 3 aromatic carbocycles. The maximum absolute atomic E-state index is 14.4. The summed E-state index contributed by atoms with van der Waals surface area (Å²) < 4.78 is 67.0. The molecule has 2 atom stereocenters. The van der Waals surface area contributed by atoms with E-state index in [1.807, 2.05) is 0 Å². The summed E-state index contributed by atoms with van der Waals surface area (Å²) in [5.74, 6) is 0. The Labute approximate surface area is 184 Å². The molecule has 0 fully saturated rings. The minimum absolute atomic E-state index is 0.0948. The number of nitrogens with zero attached hydrogens (tertiary/aromatic N) is 1. The number of nitrogens with one attached hydrogen (secondary N) is 1. The van der Waals surface area contributed by atoms with Crippen LogP contribution in [0.3, 0.4) is 0 Å². The van der Waals surface area contributed by atoms with Gasteiger partial charge in [-0.25, -0.2) is 8.42 Å². The third kappa shape index (κ3) is 3.58. The third-order valence-electron chi connectivity index (χ3n) is 5.82. The lowest BCUT2D eigenvalue weighted by Gasteiger charge is -2.38. The monoisotopic (exact) mass is 458 g/mol. The van der Waals surface area contributed by atoms with Crippen molar-refractivity contribution in [3.8, 4) is 0 Å². The number of sulfone groups is 1. The Morgan fingerprint density at radius 3 is 2.06 bits per heavy atom. The molecule has 0 saturated heterocycles. The predicted octanol–water partition coefficient (Wildman–Crippen LogP) is 4.95. The van der Waals surface area contributed by atoms with Gasteiger partial charge in [0.15, 0.2) is 15.5 Å². The van der Waals surface area contributed by atoms with Gasteiger partial charge in [0.25, 0.3) is 0 Å². The van der Waals surface area contributed by atoms with Crippen LogP contribution in [0, 0.1) is 6.92 Å². The molecule has 0 radical (unpaired) electrons. The number of hydrazone groups is 1. The second-order valence-corrected chi connectivity index (χ2v) is 9.87. The molecule has 0 aromatic heterocycles. The van der Waals surface area contributed by atoms with Crippen molar-refractivity contribution < 1.29 is 21.6 Å². The first-order chi connectivity index (χ1) is 15.1. The molecule has 32 heavy (non-hydrogen) atoms. The first kappa shape index (κ1) is 22.1. The molecule has 4 rings (SSSR count). The van der Waals surface area contributed by atoms with E-state index >= 15 is 0 Å². The lowest BCUT2D eigenvalue weighted by molar-refractivity contribution is -0.0626. The molecule has 0 aliphatic carbocycles. The Hall–Kier alpha value is -3.13. The summed E-state index contributed by atoms with van der Waals surface area (Å²) in [6.07, 6.45) is -3.62. The fraction of sp³-hybridized carbons (Fsp3) is 0.208. The fourth-order valence-corrected chi connectivity index (χ4v) is 5.06. The van der Waals surface area contributed by atoms with Gasteiger partial charge in [0, 0.05) is 6.26 Å². The Morgan fingerprint density at radius 2 is 1.50 bits per heavy atom. The molecule has 1 N–H and O–H groups in total. The second kappa shape index (κ2) is 7.78. The van der Waals surface area contributed by atoms with Crippen LogP contribution in [0.1, 0.15) is 28.3 Å². The number of aryl methyl sites for hydroxylation is 1. The lowest BCUT2D eigenvalue weighted by atomic mass is 9.63. The SMILES string of the molecule is Cc1ccccc1C1(c2ccccc2)C(C(F)(F)F)=NNC1c1ccc(S(C)(=O)=O)cc1. The van der Waals surface area contributed by atoms with Crippen LogP contribution >= 0.6 is 0 Å². The molecule has 4 nitrogen and oxygen atoms in total. The molecular formula is C24H21F3N2O2S. The van der Waals surface area contributed by atoms with Gasteiger partial charge < -0.3 is 5.43 Å². The quantitative estimate of drug-likeness (QED) is 0.602. The van der Waals surface area contributed by atoms with Crippen LogP contribution in [0.2, 0.25) is 0 Å².